The minimum absolute atomic E-state index is 0.0399. The Morgan fingerprint density at radius 2 is 1.72 bits per heavy atom. The average molecular weight is 531 g/mol. The first-order chi connectivity index (χ1) is 15.2. The molecule has 0 bridgehead atoms. The minimum atomic E-state index is -3.72. The normalized spacial score (nSPS) is 16.6. The molecule has 0 spiro atoms. The van der Waals surface area contributed by atoms with Gasteiger partial charge in [-0.15, -0.1) is 11.8 Å². The fraction of sp³-hybridized carbons (Fsp3) is 0.208. The summed E-state index contributed by atoms with van der Waals surface area (Å²) in [5.74, 6) is 0.836. The van der Waals surface area contributed by atoms with Crippen molar-refractivity contribution in [2.75, 3.05) is 15.4 Å². The molecule has 1 amide bonds. The van der Waals surface area contributed by atoms with Crippen LogP contribution in [0.4, 0.5) is 11.4 Å². The smallest absolute Gasteiger partial charge is 0.261 e. The predicted octanol–water partition coefficient (Wildman–Crippen LogP) is 6.15. The molecule has 1 saturated heterocycles. The van der Waals surface area contributed by atoms with Gasteiger partial charge < -0.3 is 0 Å². The van der Waals surface area contributed by atoms with Gasteiger partial charge in [0.05, 0.1) is 10.6 Å². The molecule has 5 nitrogen and oxygen atoms in total. The van der Waals surface area contributed by atoms with Gasteiger partial charge in [0.2, 0.25) is 5.91 Å². The largest absolute Gasteiger partial charge is 0.295 e. The molecule has 1 heterocycles. The van der Waals surface area contributed by atoms with Crippen molar-refractivity contribution >= 4 is 55.0 Å². The lowest BCUT2D eigenvalue weighted by Gasteiger charge is -2.25. The molecule has 0 saturated carbocycles. The van der Waals surface area contributed by atoms with Crippen molar-refractivity contribution < 1.29 is 13.2 Å². The minimum Gasteiger partial charge on any atom is -0.295 e. The van der Waals surface area contributed by atoms with Crippen molar-refractivity contribution in [3.8, 4) is 0 Å². The molecule has 0 aliphatic carbocycles. The number of carbonyl (C=O) groups is 1. The lowest BCUT2D eigenvalue weighted by Crippen LogP contribution is -2.27. The Hall–Kier alpha value is -2.29. The maximum Gasteiger partial charge on any atom is 0.261 e. The summed E-state index contributed by atoms with van der Waals surface area (Å²) in [6.45, 7) is 4.27. The topological polar surface area (TPSA) is 66.5 Å². The van der Waals surface area contributed by atoms with Gasteiger partial charge in [-0.3, -0.25) is 14.4 Å². The third-order valence-electron chi connectivity index (χ3n) is 5.25. The maximum absolute atomic E-state index is 12.8. The summed E-state index contributed by atoms with van der Waals surface area (Å²) in [6, 6.07) is 21.8. The van der Waals surface area contributed by atoms with Crippen LogP contribution in [-0.4, -0.2) is 20.1 Å². The SMILES string of the molecule is CC(C)c1ccc(N2C(=O)CS[C@@H]2c2cccc(NS(=O)(=O)c3ccc(Br)cc3)c2)cc1. The molecule has 3 aromatic carbocycles. The zero-order valence-electron chi connectivity index (χ0n) is 17.7. The van der Waals surface area contributed by atoms with E-state index in [9.17, 15) is 13.2 Å². The average Bonchev–Trinajstić information content (AvgIpc) is 3.15. The summed E-state index contributed by atoms with van der Waals surface area (Å²) in [5.41, 5.74) is 3.38. The third kappa shape index (κ3) is 4.87. The van der Waals surface area contributed by atoms with Gasteiger partial charge in [-0.2, -0.15) is 0 Å². The second-order valence-electron chi connectivity index (χ2n) is 7.86. The number of halogens is 1. The molecule has 1 fully saturated rings. The summed E-state index contributed by atoms with van der Waals surface area (Å²) >= 11 is 4.85. The van der Waals surface area contributed by atoms with Gasteiger partial charge in [-0.25, -0.2) is 8.42 Å². The van der Waals surface area contributed by atoms with E-state index in [1.807, 2.05) is 18.2 Å². The fourth-order valence-corrected chi connectivity index (χ4v) is 6.03. The van der Waals surface area contributed by atoms with E-state index in [-0.39, 0.29) is 16.2 Å². The van der Waals surface area contributed by atoms with Crippen LogP contribution in [0.2, 0.25) is 0 Å². The Kier molecular flexibility index (Phi) is 6.65. The first kappa shape index (κ1) is 22.9. The van der Waals surface area contributed by atoms with E-state index in [1.54, 1.807) is 47.4 Å². The maximum atomic E-state index is 12.8. The number of amides is 1. The molecule has 1 N–H and O–H groups in total. The summed E-state index contributed by atoms with van der Waals surface area (Å²) in [6.07, 6.45) is 0. The molecule has 166 valence electrons. The third-order valence-corrected chi connectivity index (χ3v) is 8.39. The molecule has 0 aromatic heterocycles. The highest BCUT2D eigenvalue weighted by Crippen LogP contribution is 2.42. The lowest BCUT2D eigenvalue weighted by molar-refractivity contribution is -0.115. The Bertz CT molecular complexity index is 1230. The van der Waals surface area contributed by atoms with Crippen molar-refractivity contribution in [3.63, 3.8) is 0 Å². The Morgan fingerprint density at radius 1 is 1.03 bits per heavy atom. The van der Waals surface area contributed by atoms with Crippen molar-refractivity contribution in [2.24, 2.45) is 0 Å². The summed E-state index contributed by atoms with van der Waals surface area (Å²) in [7, 11) is -3.72. The van der Waals surface area contributed by atoms with E-state index in [4.69, 9.17) is 0 Å². The van der Waals surface area contributed by atoms with Crippen LogP contribution < -0.4 is 9.62 Å². The zero-order valence-corrected chi connectivity index (χ0v) is 20.9. The summed E-state index contributed by atoms with van der Waals surface area (Å²) < 4.78 is 29.0. The highest BCUT2D eigenvalue weighted by atomic mass is 79.9. The van der Waals surface area contributed by atoms with E-state index in [2.05, 4.69) is 46.6 Å². The number of nitrogens with zero attached hydrogens (tertiary/aromatic N) is 1. The Labute approximate surface area is 201 Å². The highest BCUT2D eigenvalue weighted by molar-refractivity contribution is 9.10. The molecule has 0 radical (unpaired) electrons. The molecular weight excluding hydrogens is 508 g/mol. The molecule has 1 atom stereocenters. The van der Waals surface area contributed by atoms with Crippen LogP contribution in [0.5, 0.6) is 0 Å². The molecule has 32 heavy (non-hydrogen) atoms. The molecule has 1 aliphatic heterocycles. The van der Waals surface area contributed by atoms with Crippen LogP contribution in [0.1, 0.15) is 36.3 Å². The number of rotatable bonds is 6. The quantitative estimate of drug-likeness (QED) is 0.414. The monoisotopic (exact) mass is 530 g/mol. The number of thioether (sulfide) groups is 1. The van der Waals surface area contributed by atoms with E-state index in [0.29, 0.717) is 17.4 Å². The number of benzene rings is 3. The first-order valence-corrected chi connectivity index (χ1v) is 13.5. The van der Waals surface area contributed by atoms with Crippen LogP contribution in [0.25, 0.3) is 0 Å². The summed E-state index contributed by atoms with van der Waals surface area (Å²) in [5, 5.41) is -0.218. The number of anilines is 2. The van der Waals surface area contributed by atoms with E-state index < -0.39 is 10.0 Å². The number of hydrogen-bond donors (Lipinski definition) is 1. The molecule has 1 aliphatic rings. The van der Waals surface area contributed by atoms with Gasteiger partial charge in [0.25, 0.3) is 10.0 Å². The fourth-order valence-electron chi connectivity index (χ4n) is 3.55. The predicted molar refractivity (Wildman–Crippen MR) is 135 cm³/mol. The van der Waals surface area contributed by atoms with Crippen LogP contribution in [0, 0.1) is 0 Å². The number of nitrogens with one attached hydrogen (secondary N) is 1. The van der Waals surface area contributed by atoms with Crippen molar-refractivity contribution in [2.45, 2.75) is 30.0 Å². The first-order valence-electron chi connectivity index (χ1n) is 10.2. The van der Waals surface area contributed by atoms with E-state index in [1.165, 1.54) is 17.3 Å². The van der Waals surface area contributed by atoms with Crippen LogP contribution in [0.3, 0.4) is 0 Å². The second kappa shape index (κ2) is 9.29. The van der Waals surface area contributed by atoms with E-state index >= 15 is 0 Å². The second-order valence-corrected chi connectivity index (χ2v) is 11.5. The van der Waals surface area contributed by atoms with Gasteiger partial charge in [0.15, 0.2) is 0 Å². The molecule has 3 aromatic rings. The molecule has 8 heteroatoms. The molecular formula is C24H23BrN2O3S2. The van der Waals surface area contributed by atoms with Gasteiger partial charge in [0, 0.05) is 15.8 Å². The summed E-state index contributed by atoms with van der Waals surface area (Å²) in [4.78, 5) is 14.7. The lowest BCUT2D eigenvalue weighted by atomic mass is 10.0. The van der Waals surface area contributed by atoms with E-state index in [0.717, 1.165) is 15.7 Å². The van der Waals surface area contributed by atoms with Crippen LogP contribution in [0.15, 0.2) is 82.2 Å². The van der Waals surface area contributed by atoms with Crippen molar-refractivity contribution in [3.05, 3.63) is 88.4 Å². The number of hydrogen-bond acceptors (Lipinski definition) is 4. The van der Waals surface area contributed by atoms with Gasteiger partial charge in [-0.05, 0) is 65.6 Å². The van der Waals surface area contributed by atoms with Crippen LogP contribution in [-0.2, 0) is 14.8 Å². The van der Waals surface area contributed by atoms with Crippen LogP contribution >= 0.6 is 27.7 Å². The van der Waals surface area contributed by atoms with Crippen molar-refractivity contribution in [1.82, 2.24) is 0 Å². The Balaban J connectivity index is 1.60. The van der Waals surface area contributed by atoms with Crippen molar-refractivity contribution in [1.29, 1.82) is 0 Å². The molecule has 0 unspecified atom stereocenters. The highest BCUT2D eigenvalue weighted by Gasteiger charge is 2.34. The molecule has 4 rings (SSSR count). The number of carbonyl (C=O) groups excluding carboxylic acids is 1. The van der Waals surface area contributed by atoms with Gasteiger partial charge in [-0.1, -0.05) is 54.0 Å². The van der Waals surface area contributed by atoms with Gasteiger partial charge in [0.1, 0.15) is 5.37 Å². The standard InChI is InChI=1S/C24H23BrN2O3S2/c1-16(2)17-6-10-21(11-7-17)27-23(28)15-31-24(27)18-4-3-5-20(14-18)26-32(29,30)22-12-8-19(25)9-13-22/h3-14,16,24,26H,15H2,1-2H3/t24-/m1/s1. The zero-order chi connectivity index (χ0) is 22.9. The number of sulfonamides is 1. The van der Waals surface area contributed by atoms with Gasteiger partial charge >= 0.3 is 0 Å². The Morgan fingerprint density at radius 3 is 2.38 bits per heavy atom.